The third-order valence-corrected chi connectivity index (χ3v) is 2.08. The van der Waals surface area contributed by atoms with Gasteiger partial charge >= 0.3 is 0 Å². The summed E-state index contributed by atoms with van der Waals surface area (Å²) in [5.74, 6) is 5.47. The molecular formula is C13H15F2N3O2. The van der Waals surface area contributed by atoms with E-state index in [0.717, 1.165) is 0 Å². The molecule has 3 N–H and O–H groups in total. The zero-order valence-corrected chi connectivity index (χ0v) is 10.7. The van der Waals surface area contributed by atoms with Crippen LogP contribution in [0.15, 0.2) is 18.3 Å². The number of carbonyl (C=O) groups excluding carboxylic acids is 1. The van der Waals surface area contributed by atoms with E-state index < -0.39 is 13.0 Å². The van der Waals surface area contributed by atoms with Crippen LogP contribution in [0.1, 0.15) is 12.0 Å². The molecule has 20 heavy (non-hydrogen) atoms. The van der Waals surface area contributed by atoms with Gasteiger partial charge in [0.15, 0.2) is 0 Å². The highest BCUT2D eigenvalue weighted by molar-refractivity contribution is 5.89. The van der Waals surface area contributed by atoms with Crippen molar-refractivity contribution >= 4 is 11.7 Å². The molecule has 1 aromatic rings. The van der Waals surface area contributed by atoms with Gasteiger partial charge in [-0.05, 0) is 12.1 Å². The second-order valence-electron chi connectivity index (χ2n) is 3.70. The third kappa shape index (κ3) is 6.78. The van der Waals surface area contributed by atoms with Gasteiger partial charge in [-0.15, -0.1) is 0 Å². The molecular weight excluding hydrogens is 268 g/mol. The molecule has 7 heteroatoms. The first kappa shape index (κ1) is 16.0. The quantitative estimate of drug-likeness (QED) is 0.603. The summed E-state index contributed by atoms with van der Waals surface area (Å²) < 4.78 is 28.2. The number of nitrogens with two attached hydrogens (primary N) is 1. The van der Waals surface area contributed by atoms with E-state index in [4.69, 9.17) is 5.73 Å². The van der Waals surface area contributed by atoms with Crippen LogP contribution in [0.4, 0.5) is 14.6 Å². The molecule has 1 rings (SSSR count). The van der Waals surface area contributed by atoms with Crippen LogP contribution >= 0.6 is 0 Å². The summed E-state index contributed by atoms with van der Waals surface area (Å²) in [5, 5.41) is 2.53. The molecule has 5 nitrogen and oxygen atoms in total. The Morgan fingerprint density at radius 3 is 3.05 bits per heavy atom. The molecule has 0 fully saturated rings. The highest BCUT2D eigenvalue weighted by Crippen LogP contribution is 2.06. The molecule has 0 saturated carbocycles. The van der Waals surface area contributed by atoms with E-state index in [9.17, 15) is 13.6 Å². The first-order chi connectivity index (χ1) is 9.61. The maximum atomic E-state index is 11.8. The van der Waals surface area contributed by atoms with E-state index >= 15 is 0 Å². The maximum Gasteiger partial charge on any atom is 0.261 e. The van der Waals surface area contributed by atoms with Gasteiger partial charge in [-0.1, -0.05) is 11.8 Å². The number of aromatic nitrogens is 1. The minimum atomic E-state index is -2.53. The van der Waals surface area contributed by atoms with Crippen LogP contribution in [0.5, 0.6) is 0 Å². The molecule has 0 aromatic carbocycles. The van der Waals surface area contributed by atoms with Gasteiger partial charge in [0.25, 0.3) is 6.43 Å². The van der Waals surface area contributed by atoms with E-state index in [1.807, 2.05) is 0 Å². The van der Waals surface area contributed by atoms with E-state index in [0.29, 0.717) is 11.4 Å². The summed E-state index contributed by atoms with van der Waals surface area (Å²) in [6.45, 7) is -0.496. The van der Waals surface area contributed by atoms with E-state index in [1.54, 1.807) is 12.1 Å². The molecule has 0 aliphatic carbocycles. The minimum Gasteiger partial charge on any atom is -0.375 e. The van der Waals surface area contributed by atoms with E-state index in [1.165, 1.54) is 6.20 Å². The molecule has 1 aromatic heterocycles. The zero-order chi connectivity index (χ0) is 14.8. The number of nitrogens with zero attached hydrogens (tertiary/aromatic N) is 1. The van der Waals surface area contributed by atoms with Gasteiger partial charge in [-0.2, -0.15) is 0 Å². The first-order valence-electron chi connectivity index (χ1n) is 5.92. The topological polar surface area (TPSA) is 77.2 Å². The van der Waals surface area contributed by atoms with E-state index in [2.05, 4.69) is 26.9 Å². The molecule has 0 unspecified atom stereocenters. The average molecular weight is 283 g/mol. The Kier molecular flexibility index (Phi) is 7.17. The number of ether oxygens (including phenoxy) is 1. The summed E-state index contributed by atoms with van der Waals surface area (Å²) in [6, 6.07) is 3.28. The number of rotatable bonds is 6. The van der Waals surface area contributed by atoms with Crippen LogP contribution in [-0.2, 0) is 9.53 Å². The monoisotopic (exact) mass is 283 g/mol. The van der Waals surface area contributed by atoms with Crippen molar-refractivity contribution in [3.8, 4) is 11.8 Å². The van der Waals surface area contributed by atoms with Gasteiger partial charge in [0.05, 0.1) is 19.6 Å². The molecule has 0 radical (unpaired) electrons. The number of carbonyl (C=O) groups is 1. The Hall–Kier alpha value is -2.04. The molecule has 1 amide bonds. The maximum absolute atomic E-state index is 11.8. The van der Waals surface area contributed by atoms with Crippen LogP contribution in [0.3, 0.4) is 0 Å². The lowest BCUT2D eigenvalue weighted by atomic mass is 10.2. The number of amides is 1. The van der Waals surface area contributed by atoms with Crippen LogP contribution < -0.4 is 11.1 Å². The number of hydrogen-bond acceptors (Lipinski definition) is 4. The molecule has 0 aliphatic heterocycles. The first-order valence-corrected chi connectivity index (χ1v) is 5.92. The molecule has 0 aliphatic rings. The second kappa shape index (κ2) is 8.96. The fourth-order valence-electron chi connectivity index (χ4n) is 1.27. The number of nitrogens with one attached hydrogen (secondary N) is 1. The summed E-state index contributed by atoms with van der Waals surface area (Å²) in [6.07, 6.45) is -1.05. The van der Waals surface area contributed by atoms with Crippen LogP contribution in [0.2, 0.25) is 0 Å². The molecule has 0 bridgehead atoms. The standard InChI is InChI=1S/C13H15F2N3O2/c14-11(15)9-20-7-4-13(19)18-12-8-10(2-1-5-16)3-6-17-12/h3,6,8,11H,4-5,7,9,16H2,(H,17,18,19). The van der Waals surface area contributed by atoms with Gasteiger partial charge in [0.2, 0.25) is 5.91 Å². The number of hydrogen-bond donors (Lipinski definition) is 2. The molecule has 1 heterocycles. The number of halogens is 2. The van der Waals surface area contributed by atoms with Gasteiger partial charge in [0.1, 0.15) is 12.4 Å². The van der Waals surface area contributed by atoms with Crippen LogP contribution in [0.25, 0.3) is 0 Å². The van der Waals surface area contributed by atoms with Crippen molar-refractivity contribution < 1.29 is 18.3 Å². The lowest BCUT2D eigenvalue weighted by Crippen LogP contribution is -2.16. The molecule has 0 saturated heterocycles. The molecule has 0 atom stereocenters. The fraction of sp³-hybridized carbons (Fsp3) is 0.385. The molecule has 0 spiro atoms. The van der Waals surface area contributed by atoms with Crippen molar-refractivity contribution in [1.29, 1.82) is 0 Å². The van der Waals surface area contributed by atoms with Crippen molar-refractivity contribution in [3.05, 3.63) is 23.9 Å². The Labute approximate surface area is 115 Å². The predicted octanol–water partition coefficient (Wildman–Crippen LogP) is 1.00. The Bertz CT molecular complexity index is 498. The van der Waals surface area contributed by atoms with Crippen LogP contribution in [0, 0.1) is 11.8 Å². The second-order valence-corrected chi connectivity index (χ2v) is 3.70. The van der Waals surface area contributed by atoms with Gasteiger partial charge in [-0.25, -0.2) is 13.8 Å². The lowest BCUT2D eigenvalue weighted by molar-refractivity contribution is -0.117. The number of anilines is 1. The van der Waals surface area contributed by atoms with E-state index in [-0.39, 0.29) is 25.5 Å². The third-order valence-electron chi connectivity index (χ3n) is 2.08. The lowest BCUT2D eigenvalue weighted by Gasteiger charge is -2.05. The SMILES string of the molecule is NCC#Cc1ccnc(NC(=O)CCOCC(F)F)c1. The zero-order valence-electron chi connectivity index (χ0n) is 10.7. The summed E-state index contributed by atoms with van der Waals surface area (Å²) in [4.78, 5) is 15.5. The minimum absolute atomic E-state index is 0.0207. The number of alkyl halides is 2. The predicted molar refractivity (Wildman–Crippen MR) is 70.2 cm³/mol. The van der Waals surface area contributed by atoms with Crippen molar-refractivity contribution in [1.82, 2.24) is 4.98 Å². The summed E-state index contributed by atoms with van der Waals surface area (Å²) >= 11 is 0. The summed E-state index contributed by atoms with van der Waals surface area (Å²) in [7, 11) is 0. The Morgan fingerprint density at radius 2 is 2.35 bits per heavy atom. The van der Waals surface area contributed by atoms with Crippen LogP contribution in [-0.4, -0.2) is 37.1 Å². The largest absolute Gasteiger partial charge is 0.375 e. The van der Waals surface area contributed by atoms with Gasteiger partial charge in [0, 0.05) is 11.8 Å². The average Bonchev–Trinajstić information content (AvgIpc) is 2.41. The van der Waals surface area contributed by atoms with Crippen molar-refractivity contribution in [2.75, 3.05) is 25.1 Å². The summed E-state index contributed by atoms with van der Waals surface area (Å²) in [5.41, 5.74) is 5.93. The fourth-order valence-corrected chi connectivity index (χ4v) is 1.27. The normalized spacial score (nSPS) is 10.0. The highest BCUT2D eigenvalue weighted by atomic mass is 19.3. The molecule has 108 valence electrons. The number of pyridine rings is 1. The Morgan fingerprint density at radius 1 is 1.55 bits per heavy atom. The van der Waals surface area contributed by atoms with Crippen molar-refractivity contribution in [3.63, 3.8) is 0 Å². The smallest absolute Gasteiger partial charge is 0.261 e. The van der Waals surface area contributed by atoms with Crippen molar-refractivity contribution in [2.45, 2.75) is 12.8 Å². The Balaban J connectivity index is 2.41. The van der Waals surface area contributed by atoms with Crippen molar-refractivity contribution in [2.24, 2.45) is 5.73 Å². The highest BCUT2D eigenvalue weighted by Gasteiger charge is 2.06. The van der Waals surface area contributed by atoms with Gasteiger partial charge < -0.3 is 15.8 Å². The van der Waals surface area contributed by atoms with Gasteiger partial charge in [-0.3, -0.25) is 4.79 Å².